The molecular weight excluding hydrogens is 240 g/mol. The molecule has 0 aliphatic rings. The maximum atomic E-state index is 5.88. The second kappa shape index (κ2) is 5.70. The molecule has 2 nitrogen and oxygen atoms in total. The van der Waals surface area contributed by atoms with E-state index in [1.807, 2.05) is 11.3 Å². The molecule has 18 heavy (non-hydrogen) atoms. The van der Waals surface area contributed by atoms with Crippen LogP contribution in [0.25, 0.3) is 0 Å². The summed E-state index contributed by atoms with van der Waals surface area (Å²) in [6.07, 6.45) is 0. The zero-order valence-corrected chi connectivity index (χ0v) is 13.7. The molecule has 0 bridgehead atoms. The minimum absolute atomic E-state index is 0.0853. The van der Waals surface area contributed by atoms with Crippen molar-refractivity contribution in [1.82, 2.24) is 4.98 Å². The number of aromatic nitrogens is 1. The SMILES string of the molecule is CC(C)C(c1nc(C(C)(C)C)c(CN)s1)C(C)C. The summed E-state index contributed by atoms with van der Waals surface area (Å²) in [5.41, 5.74) is 7.16. The van der Waals surface area contributed by atoms with E-state index in [0.29, 0.717) is 24.3 Å². The summed E-state index contributed by atoms with van der Waals surface area (Å²) >= 11 is 1.82. The molecule has 0 unspecified atom stereocenters. The monoisotopic (exact) mass is 268 g/mol. The van der Waals surface area contributed by atoms with Crippen LogP contribution in [0.15, 0.2) is 0 Å². The Morgan fingerprint density at radius 3 is 1.89 bits per heavy atom. The van der Waals surface area contributed by atoms with Gasteiger partial charge in [-0.05, 0) is 11.8 Å². The molecule has 0 amide bonds. The average Bonchev–Trinajstić information content (AvgIpc) is 2.59. The fourth-order valence-corrected chi connectivity index (χ4v) is 4.18. The highest BCUT2D eigenvalue weighted by molar-refractivity contribution is 7.11. The number of thiazole rings is 1. The number of rotatable bonds is 4. The summed E-state index contributed by atoms with van der Waals surface area (Å²) in [5, 5.41) is 1.27. The van der Waals surface area contributed by atoms with E-state index in [-0.39, 0.29) is 5.41 Å². The van der Waals surface area contributed by atoms with Gasteiger partial charge in [0.05, 0.1) is 10.7 Å². The molecule has 0 atom stereocenters. The van der Waals surface area contributed by atoms with Gasteiger partial charge in [-0.2, -0.15) is 0 Å². The van der Waals surface area contributed by atoms with E-state index in [1.54, 1.807) is 0 Å². The van der Waals surface area contributed by atoms with Crippen molar-refractivity contribution in [3.05, 3.63) is 15.6 Å². The topological polar surface area (TPSA) is 38.9 Å². The summed E-state index contributed by atoms with van der Waals surface area (Å²) in [6.45, 7) is 16.4. The van der Waals surface area contributed by atoms with Gasteiger partial charge in [0, 0.05) is 22.8 Å². The molecule has 104 valence electrons. The highest BCUT2D eigenvalue weighted by Gasteiger charge is 2.28. The fraction of sp³-hybridized carbons (Fsp3) is 0.800. The number of hydrogen-bond acceptors (Lipinski definition) is 3. The Kier molecular flexibility index (Phi) is 4.96. The van der Waals surface area contributed by atoms with Crippen molar-refractivity contribution in [3.8, 4) is 0 Å². The average molecular weight is 268 g/mol. The first-order valence-corrected chi connectivity index (χ1v) is 7.70. The second-order valence-electron chi connectivity index (χ2n) is 6.79. The molecule has 1 aromatic rings. The molecule has 0 aliphatic heterocycles. The van der Waals surface area contributed by atoms with Crippen molar-refractivity contribution in [3.63, 3.8) is 0 Å². The molecule has 0 saturated carbocycles. The minimum Gasteiger partial charge on any atom is -0.326 e. The molecule has 0 radical (unpaired) electrons. The van der Waals surface area contributed by atoms with Gasteiger partial charge in [-0.25, -0.2) is 4.98 Å². The summed E-state index contributed by atoms with van der Waals surface area (Å²) in [6, 6.07) is 0. The van der Waals surface area contributed by atoms with E-state index in [9.17, 15) is 0 Å². The van der Waals surface area contributed by atoms with E-state index < -0.39 is 0 Å². The number of nitrogens with two attached hydrogens (primary N) is 1. The van der Waals surface area contributed by atoms with Crippen LogP contribution < -0.4 is 5.73 Å². The van der Waals surface area contributed by atoms with Gasteiger partial charge in [0.15, 0.2) is 0 Å². The van der Waals surface area contributed by atoms with Crippen LogP contribution in [0.3, 0.4) is 0 Å². The highest BCUT2D eigenvalue weighted by Crippen LogP contribution is 2.38. The Hall–Kier alpha value is -0.410. The van der Waals surface area contributed by atoms with E-state index >= 15 is 0 Å². The third-order valence-corrected chi connectivity index (χ3v) is 4.51. The molecule has 0 fully saturated rings. The van der Waals surface area contributed by atoms with Crippen molar-refractivity contribution in [2.45, 2.75) is 66.3 Å². The lowest BCUT2D eigenvalue weighted by Crippen LogP contribution is -2.17. The molecule has 1 heterocycles. The van der Waals surface area contributed by atoms with Crippen molar-refractivity contribution < 1.29 is 0 Å². The van der Waals surface area contributed by atoms with Crippen molar-refractivity contribution in [2.24, 2.45) is 17.6 Å². The zero-order valence-electron chi connectivity index (χ0n) is 12.9. The van der Waals surface area contributed by atoms with E-state index in [1.165, 1.54) is 15.6 Å². The van der Waals surface area contributed by atoms with E-state index in [4.69, 9.17) is 10.7 Å². The molecule has 3 heteroatoms. The predicted octanol–water partition coefficient (Wildman–Crippen LogP) is 4.29. The molecule has 1 rings (SSSR count). The van der Waals surface area contributed by atoms with Gasteiger partial charge in [-0.3, -0.25) is 0 Å². The van der Waals surface area contributed by atoms with E-state index in [2.05, 4.69) is 48.5 Å². The lowest BCUT2D eigenvalue weighted by Gasteiger charge is -2.22. The van der Waals surface area contributed by atoms with Crippen molar-refractivity contribution in [2.75, 3.05) is 0 Å². The van der Waals surface area contributed by atoms with Crippen molar-refractivity contribution >= 4 is 11.3 Å². The first-order chi connectivity index (χ1) is 8.18. The third-order valence-electron chi connectivity index (χ3n) is 3.33. The van der Waals surface area contributed by atoms with Crippen LogP contribution in [-0.2, 0) is 12.0 Å². The Bertz CT molecular complexity index is 378. The minimum atomic E-state index is 0.0853. The standard InChI is InChI=1S/C15H28N2S/c1-9(2)12(10(3)4)14-17-13(15(5,6)7)11(8-16)18-14/h9-10,12H,8,16H2,1-7H3. The Morgan fingerprint density at radius 1 is 1.11 bits per heavy atom. The van der Waals surface area contributed by atoms with Crippen LogP contribution in [0.2, 0.25) is 0 Å². The summed E-state index contributed by atoms with van der Waals surface area (Å²) in [4.78, 5) is 6.19. The highest BCUT2D eigenvalue weighted by atomic mass is 32.1. The van der Waals surface area contributed by atoms with Crippen LogP contribution in [0, 0.1) is 11.8 Å². The van der Waals surface area contributed by atoms with Gasteiger partial charge >= 0.3 is 0 Å². The first kappa shape index (κ1) is 15.6. The molecule has 0 aromatic carbocycles. The molecule has 0 spiro atoms. The quantitative estimate of drug-likeness (QED) is 0.884. The molecule has 0 aliphatic carbocycles. The maximum absolute atomic E-state index is 5.88. The normalized spacial score (nSPS) is 13.1. The van der Waals surface area contributed by atoms with E-state index in [0.717, 1.165) is 0 Å². The fourth-order valence-electron chi connectivity index (χ4n) is 2.58. The van der Waals surface area contributed by atoms with Crippen molar-refractivity contribution in [1.29, 1.82) is 0 Å². The summed E-state index contributed by atoms with van der Waals surface area (Å²) < 4.78 is 0. The maximum Gasteiger partial charge on any atom is 0.0967 e. The van der Waals surface area contributed by atoms with Crippen LogP contribution in [0.1, 0.15) is 70.0 Å². The van der Waals surface area contributed by atoms with Gasteiger partial charge in [0.2, 0.25) is 0 Å². The zero-order chi connectivity index (χ0) is 14.1. The third kappa shape index (κ3) is 3.33. The Balaban J connectivity index is 3.23. The molecule has 1 aromatic heterocycles. The van der Waals surface area contributed by atoms with Gasteiger partial charge in [-0.1, -0.05) is 48.5 Å². The lowest BCUT2D eigenvalue weighted by atomic mass is 9.86. The Labute approximate surface area is 116 Å². The molecular formula is C15H28N2S. The lowest BCUT2D eigenvalue weighted by molar-refractivity contribution is 0.384. The number of nitrogens with zero attached hydrogens (tertiary/aromatic N) is 1. The van der Waals surface area contributed by atoms with Gasteiger partial charge < -0.3 is 5.73 Å². The second-order valence-corrected chi connectivity index (χ2v) is 7.91. The van der Waals surface area contributed by atoms with Crippen LogP contribution in [-0.4, -0.2) is 4.98 Å². The molecule has 0 saturated heterocycles. The van der Waals surface area contributed by atoms with Gasteiger partial charge in [0.1, 0.15) is 0 Å². The van der Waals surface area contributed by atoms with Crippen LogP contribution >= 0.6 is 11.3 Å². The largest absolute Gasteiger partial charge is 0.326 e. The smallest absolute Gasteiger partial charge is 0.0967 e. The molecule has 2 N–H and O–H groups in total. The Morgan fingerprint density at radius 2 is 1.61 bits per heavy atom. The number of hydrogen-bond donors (Lipinski definition) is 1. The predicted molar refractivity (Wildman–Crippen MR) is 81.1 cm³/mol. The summed E-state index contributed by atoms with van der Waals surface area (Å²) in [7, 11) is 0. The van der Waals surface area contributed by atoms with Crippen LogP contribution in [0.5, 0.6) is 0 Å². The van der Waals surface area contributed by atoms with Gasteiger partial charge in [0.25, 0.3) is 0 Å². The van der Waals surface area contributed by atoms with Crippen LogP contribution in [0.4, 0.5) is 0 Å². The summed E-state index contributed by atoms with van der Waals surface area (Å²) in [5.74, 6) is 1.78. The first-order valence-electron chi connectivity index (χ1n) is 6.88. The van der Waals surface area contributed by atoms with Gasteiger partial charge in [-0.15, -0.1) is 11.3 Å².